The van der Waals surface area contributed by atoms with E-state index in [2.05, 4.69) is 19.1 Å². The van der Waals surface area contributed by atoms with Crippen molar-refractivity contribution in [2.24, 2.45) is 11.8 Å². The van der Waals surface area contributed by atoms with Crippen LogP contribution in [0.1, 0.15) is 24.8 Å². The van der Waals surface area contributed by atoms with Crippen LogP contribution >= 0.6 is 0 Å². The highest BCUT2D eigenvalue weighted by atomic mass is 16.2. The van der Waals surface area contributed by atoms with Crippen LogP contribution in [0.25, 0.3) is 0 Å². The largest absolute Gasteiger partial charge is 0.337 e. The highest BCUT2D eigenvalue weighted by molar-refractivity contribution is 5.83. The third kappa shape index (κ3) is 2.51. The summed E-state index contributed by atoms with van der Waals surface area (Å²) >= 11 is 0. The van der Waals surface area contributed by atoms with Crippen LogP contribution in [0.3, 0.4) is 0 Å². The first-order valence-corrected chi connectivity index (χ1v) is 7.02. The van der Waals surface area contributed by atoms with Gasteiger partial charge in [0.15, 0.2) is 0 Å². The number of nitrogens with two attached hydrogens (primary N) is 1. The minimum atomic E-state index is 0.189. The standard InChI is InChI=1S/C15H21N3O/c1-11-10-17(16)7-8-18(11)15(19)14-9-13(14)12-5-3-2-4-6-12/h2-6,11,13-14H,7-10,16H2,1H3. The van der Waals surface area contributed by atoms with E-state index in [9.17, 15) is 4.79 Å². The number of hydrazine groups is 1. The normalized spacial score (nSPS) is 31.3. The van der Waals surface area contributed by atoms with Crippen molar-refractivity contribution in [1.82, 2.24) is 9.91 Å². The molecule has 3 rings (SSSR count). The molecular weight excluding hydrogens is 238 g/mol. The van der Waals surface area contributed by atoms with Crippen molar-refractivity contribution >= 4 is 5.91 Å². The molecule has 1 aliphatic heterocycles. The fraction of sp³-hybridized carbons (Fsp3) is 0.533. The Labute approximate surface area is 114 Å². The van der Waals surface area contributed by atoms with Gasteiger partial charge in [-0.2, -0.15) is 0 Å². The molecule has 1 aromatic carbocycles. The van der Waals surface area contributed by atoms with Crippen LogP contribution in [0, 0.1) is 5.92 Å². The van der Waals surface area contributed by atoms with Crippen molar-refractivity contribution in [3.63, 3.8) is 0 Å². The van der Waals surface area contributed by atoms with Gasteiger partial charge < -0.3 is 4.90 Å². The average molecular weight is 259 g/mol. The molecule has 3 atom stereocenters. The van der Waals surface area contributed by atoms with Crippen LogP contribution in [0.5, 0.6) is 0 Å². The van der Waals surface area contributed by atoms with E-state index < -0.39 is 0 Å². The third-order valence-corrected chi connectivity index (χ3v) is 4.28. The van der Waals surface area contributed by atoms with Crippen LogP contribution in [0.4, 0.5) is 0 Å². The summed E-state index contributed by atoms with van der Waals surface area (Å²) in [6.45, 7) is 4.39. The monoisotopic (exact) mass is 259 g/mol. The van der Waals surface area contributed by atoms with Gasteiger partial charge in [-0.25, -0.2) is 5.01 Å². The molecular formula is C15H21N3O. The number of carbonyl (C=O) groups is 1. The van der Waals surface area contributed by atoms with Crippen LogP contribution in [-0.4, -0.2) is 41.5 Å². The fourth-order valence-electron chi connectivity index (χ4n) is 3.06. The van der Waals surface area contributed by atoms with E-state index in [-0.39, 0.29) is 12.0 Å². The predicted octanol–water partition coefficient (Wildman–Crippen LogP) is 1.20. The topological polar surface area (TPSA) is 49.6 Å². The third-order valence-electron chi connectivity index (χ3n) is 4.28. The second kappa shape index (κ2) is 4.94. The Hall–Kier alpha value is -1.39. The molecule has 4 heteroatoms. The fourth-order valence-corrected chi connectivity index (χ4v) is 3.06. The molecule has 1 amide bonds. The SMILES string of the molecule is CC1CN(N)CCN1C(=O)C1CC1c1ccccc1. The van der Waals surface area contributed by atoms with Gasteiger partial charge in [-0.15, -0.1) is 0 Å². The van der Waals surface area contributed by atoms with Crippen molar-refractivity contribution in [1.29, 1.82) is 0 Å². The number of nitrogens with zero attached hydrogens (tertiary/aromatic N) is 2. The maximum atomic E-state index is 12.5. The zero-order valence-electron chi connectivity index (χ0n) is 11.3. The molecule has 0 aromatic heterocycles. The van der Waals surface area contributed by atoms with Gasteiger partial charge in [-0.1, -0.05) is 30.3 Å². The average Bonchev–Trinajstić information content (AvgIpc) is 3.19. The first-order valence-electron chi connectivity index (χ1n) is 7.02. The van der Waals surface area contributed by atoms with Crippen molar-refractivity contribution in [3.8, 4) is 0 Å². The lowest BCUT2D eigenvalue weighted by atomic mass is 10.1. The van der Waals surface area contributed by atoms with E-state index in [1.54, 1.807) is 5.01 Å². The number of piperazine rings is 1. The summed E-state index contributed by atoms with van der Waals surface area (Å²) in [4.78, 5) is 14.5. The minimum absolute atomic E-state index is 0.189. The molecule has 102 valence electrons. The molecule has 1 saturated carbocycles. The van der Waals surface area contributed by atoms with E-state index in [0.717, 1.165) is 26.1 Å². The van der Waals surface area contributed by atoms with Crippen molar-refractivity contribution in [2.75, 3.05) is 19.6 Å². The quantitative estimate of drug-likeness (QED) is 0.812. The summed E-state index contributed by atoms with van der Waals surface area (Å²) in [6.07, 6.45) is 0.998. The zero-order chi connectivity index (χ0) is 13.4. The summed E-state index contributed by atoms with van der Waals surface area (Å²) < 4.78 is 0. The summed E-state index contributed by atoms with van der Waals surface area (Å²) in [5.74, 6) is 6.72. The molecule has 1 aliphatic carbocycles. The zero-order valence-corrected chi connectivity index (χ0v) is 11.3. The molecule has 0 radical (unpaired) electrons. The second-order valence-electron chi connectivity index (χ2n) is 5.73. The summed E-state index contributed by atoms with van der Waals surface area (Å²) in [5.41, 5.74) is 1.30. The van der Waals surface area contributed by atoms with Gasteiger partial charge in [0.2, 0.25) is 5.91 Å². The molecule has 1 saturated heterocycles. The number of hydrogen-bond acceptors (Lipinski definition) is 3. The minimum Gasteiger partial charge on any atom is -0.337 e. The predicted molar refractivity (Wildman–Crippen MR) is 74.2 cm³/mol. The molecule has 2 aliphatic rings. The molecule has 19 heavy (non-hydrogen) atoms. The lowest BCUT2D eigenvalue weighted by Gasteiger charge is -2.38. The molecule has 0 bridgehead atoms. The number of carbonyl (C=O) groups excluding carboxylic acids is 1. The summed E-state index contributed by atoms with van der Waals surface area (Å²) in [7, 11) is 0. The Balaban J connectivity index is 1.64. The van der Waals surface area contributed by atoms with Crippen LogP contribution in [-0.2, 0) is 4.79 Å². The van der Waals surface area contributed by atoms with Gasteiger partial charge in [0.25, 0.3) is 0 Å². The van der Waals surface area contributed by atoms with Crippen molar-refractivity contribution < 1.29 is 4.79 Å². The Kier molecular flexibility index (Phi) is 3.29. The maximum Gasteiger partial charge on any atom is 0.226 e. The van der Waals surface area contributed by atoms with E-state index >= 15 is 0 Å². The lowest BCUT2D eigenvalue weighted by molar-refractivity contribution is -0.137. The molecule has 2 N–H and O–H groups in total. The van der Waals surface area contributed by atoms with Crippen LogP contribution < -0.4 is 5.84 Å². The lowest BCUT2D eigenvalue weighted by Crippen LogP contribution is -2.56. The maximum absolute atomic E-state index is 12.5. The van der Waals surface area contributed by atoms with Gasteiger partial charge in [-0.05, 0) is 24.8 Å². The smallest absolute Gasteiger partial charge is 0.226 e. The molecule has 0 spiro atoms. The van der Waals surface area contributed by atoms with Crippen molar-refractivity contribution in [3.05, 3.63) is 35.9 Å². The summed E-state index contributed by atoms with van der Waals surface area (Å²) in [5, 5.41) is 1.80. The Morgan fingerprint density at radius 3 is 2.68 bits per heavy atom. The van der Waals surface area contributed by atoms with Crippen molar-refractivity contribution in [2.45, 2.75) is 25.3 Å². The Bertz CT molecular complexity index is 462. The number of rotatable bonds is 2. The van der Waals surface area contributed by atoms with E-state index in [1.807, 2.05) is 23.1 Å². The molecule has 1 aromatic rings. The van der Waals surface area contributed by atoms with Gasteiger partial charge >= 0.3 is 0 Å². The van der Waals surface area contributed by atoms with E-state index in [4.69, 9.17) is 5.84 Å². The van der Waals surface area contributed by atoms with E-state index in [0.29, 0.717) is 11.8 Å². The highest BCUT2D eigenvalue weighted by Gasteiger charge is 2.46. The van der Waals surface area contributed by atoms with Gasteiger partial charge in [0.1, 0.15) is 0 Å². The molecule has 3 unspecified atom stereocenters. The Morgan fingerprint density at radius 2 is 2.00 bits per heavy atom. The van der Waals surface area contributed by atoms with Gasteiger partial charge in [0, 0.05) is 31.6 Å². The highest BCUT2D eigenvalue weighted by Crippen LogP contribution is 2.48. The molecule has 2 fully saturated rings. The second-order valence-corrected chi connectivity index (χ2v) is 5.73. The van der Waals surface area contributed by atoms with Crippen LogP contribution in [0.15, 0.2) is 30.3 Å². The number of benzene rings is 1. The number of amides is 1. The molecule has 1 heterocycles. The van der Waals surface area contributed by atoms with E-state index in [1.165, 1.54) is 5.56 Å². The summed E-state index contributed by atoms with van der Waals surface area (Å²) in [6, 6.07) is 10.6. The first-order chi connectivity index (χ1) is 9.16. The number of hydrogen-bond donors (Lipinski definition) is 1. The Morgan fingerprint density at radius 1 is 1.26 bits per heavy atom. The first kappa shape index (κ1) is 12.6. The van der Waals surface area contributed by atoms with Crippen LogP contribution in [0.2, 0.25) is 0 Å². The molecule has 4 nitrogen and oxygen atoms in total. The van der Waals surface area contributed by atoms with Gasteiger partial charge in [-0.3, -0.25) is 10.6 Å². The van der Waals surface area contributed by atoms with Gasteiger partial charge in [0.05, 0.1) is 0 Å².